The molecule has 0 N–H and O–H groups in total. The Kier molecular flexibility index (Phi) is 6.72. The van der Waals surface area contributed by atoms with E-state index in [9.17, 15) is 4.79 Å². The molecule has 0 radical (unpaired) electrons. The van der Waals surface area contributed by atoms with Gasteiger partial charge in [0.2, 0.25) is 0 Å². The smallest absolute Gasteiger partial charge is 0.260 e. The van der Waals surface area contributed by atoms with E-state index in [1.165, 1.54) is 0 Å². The lowest BCUT2D eigenvalue weighted by molar-refractivity contribution is -0.137. The summed E-state index contributed by atoms with van der Waals surface area (Å²) in [5, 5.41) is 0. The van der Waals surface area contributed by atoms with E-state index in [0.29, 0.717) is 5.92 Å². The van der Waals surface area contributed by atoms with Gasteiger partial charge in [-0.2, -0.15) is 0 Å². The molecule has 0 heterocycles. The first kappa shape index (κ1) is 18.0. The van der Waals surface area contributed by atoms with Crippen molar-refractivity contribution in [3.8, 4) is 5.75 Å². The Morgan fingerprint density at radius 1 is 1.14 bits per heavy atom. The second-order valence-electron chi connectivity index (χ2n) is 6.11. The van der Waals surface area contributed by atoms with Crippen LogP contribution in [0.3, 0.4) is 0 Å². The average Bonchev–Trinajstić information content (AvgIpc) is 2.36. The largest absolute Gasteiger partial charge is 0.483 e. The number of hydrogen-bond donors (Lipinski definition) is 0. The number of amides is 1. The van der Waals surface area contributed by atoms with Crippen molar-refractivity contribution in [3.05, 3.63) is 28.2 Å². The van der Waals surface area contributed by atoms with E-state index in [-0.39, 0.29) is 24.6 Å². The molecular weight excluding hydrogens is 330 g/mol. The Morgan fingerprint density at radius 3 is 2.19 bits per heavy atom. The number of benzene rings is 1. The fourth-order valence-corrected chi connectivity index (χ4v) is 2.87. The fourth-order valence-electron chi connectivity index (χ4n) is 2.49. The van der Waals surface area contributed by atoms with Crippen LogP contribution in [-0.4, -0.2) is 29.5 Å². The van der Waals surface area contributed by atoms with Crippen molar-refractivity contribution in [2.75, 3.05) is 6.61 Å². The van der Waals surface area contributed by atoms with E-state index < -0.39 is 0 Å². The first-order chi connectivity index (χ1) is 9.73. The molecule has 4 heteroatoms. The minimum atomic E-state index is 0.0256. The SMILES string of the molecule is CC(C)c1cc(Br)ccc1OCC(=O)N(C(C)C)C(C)C. The third-order valence-corrected chi connectivity index (χ3v) is 3.84. The van der Waals surface area contributed by atoms with Crippen LogP contribution in [0.2, 0.25) is 0 Å². The maximum absolute atomic E-state index is 12.3. The van der Waals surface area contributed by atoms with Gasteiger partial charge in [-0.25, -0.2) is 0 Å². The quantitative estimate of drug-likeness (QED) is 0.746. The summed E-state index contributed by atoms with van der Waals surface area (Å²) in [5.74, 6) is 1.16. The Balaban J connectivity index is 2.82. The predicted octanol–water partition coefficient (Wildman–Crippen LogP) is 4.60. The van der Waals surface area contributed by atoms with Crippen LogP contribution in [0.1, 0.15) is 53.0 Å². The molecule has 0 aliphatic carbocycles. The van der Waals surface area contributed by atoms with Gasteiger partial charge in [0.1, 0.15) is 5.75 Å². The average molecular weight is 356 g/mol. The van der Waals surface area contributed by atoms with Crippen LogP contribution in [-0.2, 0) is 4.79 Å². The predicted molar refractivity (Wildman–Crippen MR) is 90.8 cm³/mol. The highest BCUT2D eigenvalue weighted by atomic mass is 79.9. The van der Waals surface area contributed by atoms with Crippen molar-refractivity contribution in [1.29, 1.82) is 0 Å². The van der Waals surface area contributed by atoms with Gasteiger partial charge in [0, 0.05) is 16.6 Å². The highest BCUT2D eigenvalue weighted by Gasteiger charge is 2.21. The standard InChI is InChI=1S/C17H26BrNO2/c1-11(2)15-9-14(18)7-8-16(15)21-10-17(20)19(12(3)4)13(5)6/h7-9,11-13H,10H2,1-6H3. The summed E-state index contributed by atoms with van der Waals surface area (Å²) >= 11 is 3.48. The highest BCUT2D eigenvalue weighted by Crippen LogP contribution is 2.29. The van der Waals surface area contributed by atoms with Crippen molar-refractivity contribution in [1.82, 2.24) is 4.90 Å². The molecular formula is C17H26BrNO2. The zero-order valence-electron chi connectivity index (χ0n) is 13.8. The summed E-state index contributed by atoms with van der Waals surface area (Å²) in [6, 6.07) is 6.26. The van der Waals surface area contributed by atoms with E-state index in [1.54, 1.807) is 0 Å². The molecule has 1 rings (SSSR count). The lowest BCUT2D eigenvalue weighted by atomic mass is 10.0. The van der Waals surface area contributed by atoms with Gasteiger partial charge in [-0.3, -0.25) is 4.79 Å². The molecule has 118 valence electrons. The monoisotopic (exact) mass is 355 g/mol. The third-order valence-electron chi connectivity index (χ3n) is 3.35. The lowest BCUT2D eigenvalue weighted by Crippen LogP contribution is -2.44. The van der Waals surface area contributed by atoms with Gasteiger partial charge in [0.15, 0.2) is 6.61 Å². The summed E-state index contributed by atoms with van der Waals surface area (Å²) in [6.45, 7) is 12.4. The van der Waals surface area contributed by atoms with Crippen molar-refractivity contribution in [2.45, 2.75) is 59.5 Å². The van der Waals surface area contributed by atoms with E-state index in [1.807, 2.05) is 50.8 Å². The van der Waals surface area contributed by atoms with Crippen LogP contribution < -0.4 is 4.74 Å². The molecule has 0 fully saturated rings. The van der Waals surface area contributed by atoms with Crippen molar-refractivity contribution in [3.63, 3.8) is 0 Å². The van der Waals surface area contributed by atoms with Crippen molar-refractivity contribution < 1.29 is 9.53 Å². The van der Waals surface area contributed by atoms with E-state index in [0.717, 1.165) is 15.8 Å². The van der Waals surface area contributed by atoms with Crippen LogP contribution in [0.15, 0.2) is 22.7 Å². The number of ether oxygens (including phenoxy) is 1. The molecule has 0 aliphatic rings. The maximum Gasteiger partial charge on any atom is 0.260 e. The molecule has 0 saturated heterocycles. The maximum atomic E-state index is 12.3. The number of rotatable bonds is 6. The molecule has 0 bridgehead atoms. The summed E-state index contributed by atoms with van der Waals surface area (Å²) < 4.78 is 6.81. The van der Waals surface area contributed by atoms with Crippen LogP contribution in [0.4, 0.5) is 0 Å². The van der Waals surface area contributed by atoms with Gasteiger partial charge in [-0.15, -0.1) is 0 Å². The molecule has 0 spiro atoms. The Hall–Kier alpha value is -1.03. The molecule has 0 saturated carbocycles. The minimum absolute atomic E-state index is 0.0256. The van der Waals surface area contributed by atoms with E-state index in [4.69, 9.17) is 4.74 Å². The number of carbonyl (C=O) groups is 1. The lowest BCUT2D eigenvalue weighted by Gasteiger charge is -2.30. The van der Waals surface area contributed by atoms with Crippen LogP contribution in [0, 0.1) is 0 Å². The molecule has 1 aromatic rings. The summed E-state index contributed by atoms with van der Waals surface area (Å²) in [7, 11) is 0. The zero-order valence-corrected chi connectivity index (χ0v) is 15.4. The van der Waals surface area contributed by atoms with E-state index in [2.05, 4.69) is 29.8 Å². The summed E-state index contributed by atoms with van der Waals surface area (Å²) in [4.78, 5) is 14.2. The van der Waals surface area contributed by atoms with Crippen LogP contribution in [0.5, 0.6) is 5.75 Å². The number of nitrogens with zero attached hydrogens (tertiary/aromatic N) is 1. The van der Waals surface area contributed by atoms with Crippen molar-refractivity contribution in [2.24, 2.45) is 0 Å². The topological polar surface area (TPSA) is 29.5 Å². The Bertz CT molecular complexity index is 476. The Labute approximate surface area is 136 Å². The van der Waals surface area contributed by atoms with E-state index >= 15 is 0 Å². The summed E-state index contributed by atoms with van der Waals surface area (Å²) in [5.41, 5.74) is 1.11. The minimum Gasteiger partial charge on any atom is -0.483 e. The molecule has 0 unspecified atom stereocenters. The molecule has 0 atom stereocenters. The van der Waals surface area contributed by atoms with Gasteiger partial charge in [0.25, 0.3) is 5.91 Å². The second kappa shape index (κ2) is 7.83. The molecule has 1 amide bonds. The summed E-state index contributed by atoms with van der Waals surface area (Å²) in [6.07, 6.45) is 0. The first-order valence-electron chi connectivity index (χ1n) is 7.47. The fraction of sp³-hybridized carbons (Fsp3) is 0.588. The zero-order chi connectivity index (χ0) is 16.2. The van der Waals surface area contributed by atoms with Crippen LogP contribution >= 0.6 is 15.9 Å². The first-order valence-corrected chi connectivity index (χ1v) is 8.26. The van der Waals surface area contributed by atoms with Gasteiger partial charge in [-0.1, -0.05) is 29.8 Å². The highest BCUT2D eigenvalue weighted by molar-refractivity contribution is 9.10. The van der Waals surface area contributed by atoms with Gasteiger partial charge in [-0.05, 0) is 57.4 Å². The van der Waals surface area contributed by atoms with Crippen molar-refractivity contribution >= 4 is 21.8 Å². The molecule has 1 aromatic carbocycles. The molecule has 0 aromatic heterocycles. The Morgan fingerprint density at radius 2 is 1.71 bits per heavy atom. The van der Waals surface area contributed by atoms with Gasteiger partial charge < -0.3 is 9.64 Å². The number of hydrogen-bond acceptors (Lipinski definition) is 2. The molecule has 0 aliphatic heterocycles. The number of carbonyl (C=O) groups excluding carboxylic acids is 1. The second-order valence-corrected chi connectivity index (χ2v) is 7.03. The number of halogens is 1. The van der Waals surface area contributed by atoms with Gasteiger partial charge in [0.05, 0.1) is 0 Å². The normalized spacial score (nSPS) is 11.3. The molecule has 21 heavy (non-hydrogen) atoms. The van der Waals surface area contributed by atoms with Crippen LogP contribution in [0.25, 0.3) is 0 Å². The van der Waals surface area contributed by atoms with Gasteiger partial charge >= 0.3 is 0 Å². The third kappa shape index (κ3) is 5.03. The molecule has 3 nitrogen and oxygen atoms in total.